The molecular formula is C10H13NO3. The van der Waals surface area contributed by atoms with Crippen LogP contribution in [0.1, 0.15) is 12.2 Å². The summed E-state index contributed by atoms with van der Waals surface area (Å²) in [5.41, 5.74) is 0. The molecule has 0 aromatic carbocycles. The second kappa shape index (κ2) is 3.36. The Labute approximate surface area is 81.9 Å². The summed E-state index contributed by atoms with van der Waals surface area (Å²) in [5, 5.41) is 11.8. The first-order valence-corrected chi connectivity index (χ1v) is 4.70. The smallest absolute Gasteiger partial charge is 0.306 e. The zero-order valence-corrected chi connectivity index (χ0v) is 7.99. The van der Waals surface area contributed by atoms with Crippen LogP contribution in [0.2, 0.25) is 0 Å². The van der Waals surface area contributed by atoms with Gasteiger partial charge in [0.15, 0.2) is 5.88 Å². The predicted molar refractivity (Wildman–Crippen MR) is 51.2 cm³/mol. The summed E-state index contributed by atoms with van der Waals surface area (Å²) in [4.78, 5) is 10.5. The van der Waals surface area contributed by atoms with Crippen molar-refractivity contribution in [3.05, 3.63) is 17.9 Å². The van der Waals surface area contributed by atoms with Gasteiger partial charge in [0.05, 0.1) is 5.92 Å². The lowest BCUT2D eigenvalue weighted by Crippen LogP contribution is -2.07. The molecule has 0 radical (unpaired) electrons. The summed E-state index contributed by atoms with van der Waals surface area (Å²) >= 11 is 0. The van der Waals surface area contributed by atoms with Crippen molar-refractivity contribution in [1.29, 1.82) is 0 Å². The monoisotopic (exact) mass is 195 g/mol. The first-order chi connectivity index (χ1) is 6.66. The minimum absolute atomic E-state index is 0.154. The number of carboxylic acid groups (broad SMARTS) is 1. The Hall–Kier alpha value is -1.45. The molecule has 76 valence electrons. The third-order valence-electron chi connectivity index (χ3n) is 2.52. The Morgan fingerprint density at radius 1 is 1.71 bits per heavy atom. The largest absolute Gasteiger partial charge is 0.481 e. The average molecular weight is 195 g/mol. The lowest BCUT2D eigenvalue weighted by Gasteiger charge is -2.00. The van der Waals surface area contributed by atoms with E-state index in [-0.39, 0.29) is 11.8 Å². The standard InChI is InChI=1S/C10H13NO3/c1-6-2-3-9(14-6)11-5-7-4-8(7)10(12)13/h2-3,7-8,11H,4-5H2,1H3,(H,12,13). The molecule has 0 amide bonds. The molecule has 1 saturated carbocycles. The van der Waals surface area contributed by atoms with Crippen molar-refractivity contribution in [2.24, 2.45) is 11.8 Å². The highest BCUT2D eigenvalue weighted by molar-refractivity contribution is 5.73. The topological polar surface area (TPSA) is 62.5 Å². The second-order valence-electron chi connectivity index (χ2n) is 3.73. The van der Waals surface area contributed by atoms with E-state index in [1.54, 1.807) is 0 Å². The maximum absolute atomic E-state index is 10.5. The van der Waals surface area contributed by atoms with Crippen molar-refractivity contribution in [3.63, 3.8) is 0 Å². The quantitative estimate of drug-likeness (QED) is 0.767. The minimum Gasteiger partial charge on any atom is -0.481 e. The lowest BCUT2D eigenvalue weighted by molar-refractivity contribution is -0.138. The Kier molecular flexibility index (Phi) is 2.19. The highest BCUT2D eigenvalue weighted by Crippen LogP contribution is 2.38. The van der Waals surface area contributed by atoms with Crippen LogP contribution in [-0.4, -0.2) is 17.6 Å². The van der Waals surface area contributed by atoms with Gasteiger partial charge in [0.25, 0.3) is 0 Å². The van der Waals surface area contributed by atoms with E-state index in [4.69, 9.17) is 9.52 Å². The zero-order valence-electron chi connectivity index (χ0n) is 7.99. The number of anilines is 1. The number of aliphatic carboxylic acids is 1. The highest BCUT2D eigenvalue weighted by Gasteiger charge is 2.42. The molecule has 14 heavy (non-hydrogen) atoms. The van der Waals surface area contributed by atoms with E-state index in [1.807, 2.05) is 19.1 Å². The third kappa shape index (κ3) is 1.89. The molecule has 1 fully saturated rings. The van der Waals surface area contributed by atoms with Crippen molar-refractivity contribution in [1.82, 2.24) is 0 Å². The maximum Gasteiger partial charge on any atom is 0.306 e. The van der Waals surface area contributed by atoms with Gasteiger partial charge in [-0.2, -0.15) is 0 Å². The fraction of sp³-hybridized carbons (Fsp3) is 0.500. The number of carbonyl (C=O) groups is 1. The predicted octanol–water partition coefficient (Wildman–Crippen LogP) is 1.72. The lowest BCUT2D eigenvalue weighted by atomic mass is 10.3. The van der Waals surface area contributed by atoms with Crippen LogP contribution in [0.25, 0.3) is 0 Å². The van der Waals surface area contributed by atoms with Gasteiger partial charge >= 0.3 is 5.97 Å². The number of nitrogens with one attached hydrogen (secondary N) is 1. The fourth-order valence-electron chi connectivity index (χ4n) is 1.54. The van der Waals surface area contributed by atoms with Crippen LogP contribution in [0.15, 0.2) is 16.5 Å². The summed E-state index contributed by atoms with van der Waals surface area (Å²) in [7, 11) is 0. The number of rotatable bonds is 4. The van der Waals surface area contributed by atoms with E-state index in [2.05, 4.69) is 5.32 Å². The van der Waals surface area contributed by atoms with Gasteiger partial charge in [-0.3, -0.25) is 4.79 Å². The van der Waals surface area contributed by atoms with Crippen LogP contribution >= 0.6 is 0 Å². The Bertz CT molecular complexity index is 345. The molecule has 2 atom stereocenters. The van der Waals surface area contributed by atoms with Gasteiger partial charge < -0.3 is 14.8 Å². The van der Waals surface area contributed by atoms with Crippen molar-refractivity contribution < 1.29 is 14.3 Å². The van der Waals surface area contributed by atoms with E-state index in [1.165, 1.54) is 0 Å². The molecule has 1 aliphatic carbocycles. The molecular weight excluding hydrogens is 182 g/mol. The molecule has 0 spiro atoms. The summed E-state index contributed by atoms with van der Waals surface area (Å²) in [6, 6.07) is 3.73. The molecule has 1 aromatic heterocycles. The zero-order chi connectivity index (χ0) is 10.1. The molecule has 2 N–H and O–H groups in total. The number of aryl methyl sites for hydroxylation is 1. The van der Waals surface area contributed by atoms with Gasteiger partial charge in [0.1, 0.15) is 5.76 Å². The van der Waals surface area contributed by atoms with Crippen LogP contribution in [0.3, 0.4) is 0 Å². The number of hydrogen-bond acceptors (Lipinski definition) is 3. The first-order valence-electron chi connectivity index (χ1n) is 4.70. The van der Waals surface area contributed by atoms with Gasteiger partial charge in [0, 0.05) is 12.6 Å². The van der Waals surface area contributed by atoms with E-state index in [0.29, 0.717) is 6.54 Å². The van der Waals surface area contributed by atoms with Crippen LogP contribution < -0.4 is 5.32 Å². The van der Waals surface area contributed by atoms with E-state index < -0.39 is 5.97 Å². The van der Waals surface area contributed by atoms with Crippen molar-refractivity contribution in [2.45, 2.75) is 13.3 Å². The molecule has 2 unspecified atom stereocenters. The number of furan rings is 1. The Balaban J connectivity index is 1.77. The van der Waals surface area contributed by atoms with Crippen molar-refractivity contribution in [3.8, 4) is 0 Å². The second-order valence-corrected chi connectivity index (χ2v) is 3.73. The molecule has 1 aliphatic rings. The molecule has 4 nitrogen and oxygen atoms in total. The van der Waals surface area contributed by atoms with Gasteiger partial charge in [-0.05, 0) is 25.3 Å². The van der Waals surface area contributed by atoms with Crippen LogP contribution in [-0.2, 0) is 4.79 Å². The molecule has 1 heterocycles. The van der Waals surface area contributed by atoms with E-state index in [0.717, 1.165) is 18.1 Å². The van der Waals surface area contributed by atoms with Crippen molar-refractivity contribution >= 4 is 11.9 Å². The van der Waals surface area contributed by atoms with Crippen LogP contribution in [0, 0.1) is 18.8 Å². The van der Waals surface area contributed by atoms with E-state index in [9.17, 15) is 4.79 Å². The number of carboxylic acids is 1. The summed E-state index contributed by atoms with van der Waals surface area (Å²) in [6.45, 7) is 2.56. The van der Waals surface area contributed by atoms with Gasteiger partial charge in [-0.15, -0.1) is 0 Å². The van der Waals surface area contributed by atoms with Crippen molar-refractivity contribution in [2.75, 3.05) is 11.9 Å². The normalized spacial score (nSPS) is 24.6. The average Bonchev–Trinajstić information content (AvgIpc) is 2.80. The highest BCUT2D eigenvalue weighted by atomic mass is 16.4. The molecule has 0 aliphatic heterocycles. The molecule has 2 rings (SSSR count). The minimum atomic E-state index is -0.688. The first kappa shape index (κ1) is 9.12. The maximum atomic E-state index is 10.5. The molecule has 4 heteroatoms. The summed E-state index contributed by atoms with van der Waals surface area (Å²) in [5.74, 6) is 1.00. The molecule has 1 aromatic rings. The van der Waals surface area contributed by atoms with Gasteiger partial charge in [-0.1, -0.05) is 0 Å². The Morgan fingerprint density at radius 3 is 3.00 bits per heavy atom. The van der Waals surface area contributed by atoms with Gasteiger partial charge in [-0.25, -0.2) is 0 Å². The third-order valence-corrected chi connectivity index (χ3v) is 2.52. The SMILES string of the molecule is Cc1ccc(NCC2CC2C(=O)O)o1. The Morgan fingerprint density at radius 2 is 2.50 bits per heavy atom. The summed E-state index contributed by atoms with van der Waals surface area (Å²) in [6.07, 6.45) is 0.780. The van der Waals surface area contributed by atoms with Crippen LogP contribution in [0.5, 0.6) is 0 Å². The fourth-order valence-corrected chi connectivity index (χ4v) is 1.54. The summed E-state index contributed by atoms with van der Waals surface area (Å²) < 4.78 is 5.30. The molecule has 0 bridgehead atoms. The molecule has 0 saturated heterocycles. The van der Waals surface area contributed by atoms with Gasteiger partial charge in [0.2, 0.25) is 0 Å². The van der Waals surface area contributed by atoms with Crippen LogP contribution in [0.4, 0.5) is 5.88 Å². The number of hydrogen-bond donors (Lipinski definition) is 2. The van der Waals surface area contributed by atoms with E-state index >= 15 is 0 Å².